The molecule has 4 heteroatoms. The van der Waals surface area contributed by atoms with E-state index in [9.17, 15) is 0 Å². The number of hydrogen-bond donors (Lipinski definition) is 2. The second-order valence-electron chi connectivity index (χ2n) is 6.71. The molecule has 0 aliphatic carbocycles. The van der Waals surface area contributed by atoms with Crippen LogP contribution >= 0.6 is 12.4 Å². The molecule has 1 aliphatic rings. The molecular formula is C17H28ClN3. The van der Waals surface area contributed by atoms with E-state index < -0.39 is 0 Å². The highest BCUT2D eigenvalue weighted by molar-refractivity contribution is 5.85. The van der Waals surface area contributed by atoms with E-state index in [1.54, 1.807) is 0 Å². The van der Waals surface area contributed by atoms with Crippen LogP contribution in [0.4, 0.5) is 0 Å². The Labute approximate surface area is 135 Å². The monoisotopic (exact) mass is 309 g/mol. The third-order valence-corrected chi connectivity index (χ3v) is 3.64. The molecule has 1 unspecified atom stereocenters. The highest BCUT2D eigenvalue weighted by Crippen LogP contribution is 2.22. The van der Waals surface area contributed by atoms with Crippen LogP contribution in [0.3, 0.4) is 0 Å². The number of nitrogens with zero attached hydrogens (tertiary/aromatic N) is 1. The van der Waals surface area contributed by atoms with E-state index in [0.29, 0.717) is 6.04 Å². The molecule has 0 amide bonds. The van der Waals surface area contributed by atoms with Gasteiger partial charge in [0, 0.05) is 19.1 Å². The minimum absolute atomic E-state index is 0. The Bertz CT molecular complexity index is 460. The van der Waals surface area contributed by atoms with Gasteiger partial charge in [0.25, 0.3) is 0 Å². The molecule has 118 valence electrons. The summed E-state index contributed by atoms with van der Waals surface area (Å²) in [6, 6.07) is 9.38. The van der Waals surface area contributed by atoms with Gasteiger partial charge in [0.1, 0.15) is 0 Å². The zero-order valence-electron chi connectivity index (χ0n) is 13.6. The lowest BCUT2D eigenvalue weighted by atomic mass is 9.86. The van der Waals surface area contributed by atoms with Crippen molar-refractivity contribution < 1.29 is 0 Å². The van der Waals surface area contributed by atoms with Gasteiger partial charge in [-0.05, 0) is 36.3 Å². The minimum Gasteiger partial charge on any atom is -0.356 e. The normalized spacial score (nSPS) is 16.3. The molecule has 1 atom stereocenters. The van der Waals surface area contributed by atoms with Crippen LogP contribution in [0.5, 0.6) is 0 Å². The van der Waals surface area contributed by atoms with Gasteiger partial charge in [-0.2, -0.15) is 0 Å². The molecule has 0 saturated heterocycles. The topological polar surface area (TPSA) is 36.4 Å². The summed E-state index contributed by atoms with van der Waals surface area (Å²) in [6.07, 6.45) is 2.15. The van der Waals surface area contributed by atoms with Gasteiger partial charge in [-0.3, -0.25) is 4.99 Å². The Balaban J connectivity index is 0.00000220. The molecule has 1 aliphatic heterocycles. The van der Waals surface area contributed by atoms with E-state index in [1.165, 1.54) is 11.1 Å². The first kappa shape index (κ1) is 17.8. The number of guanidine groups is 1. The van der Waals surface area contributed by atoms with Gasteiger partial charge >= 0.3 is 0 Å². The SMILES string of the molecule is CC(Cc1ccc(C(C)(C)C)cc1)NC1=NCCCN1.Cl. The molecule has 0 spiro atoms. The quantitative estimate of drug-likeness (QED) is 0.899. The van der Waals surface area contributed by atoms with Crippen LogP contribution < -0.4 is 10.6 Å². The van der Waals surface area contributed by atoms with Gasteiger partial charge in [0.2, 0.25) is 0 Å². The van der Waals surface area contributed by atoms with Crippen molar-refractivity contribution in [1.29, 1.82) is 0 Å². The summed E-state index contributed by atoms with van der Waals surface area (Å²) in [5.41, 5.74) is 2.98. The Morgan fingerprint density at radius 3 is 2.43 bits per heavy atom. The maximum Gasteiger partial charge on any atom is 0.191 e. The Kier molecular flexibility index (Phi) is 6.53. The highest BCUT2D eigenvalue weighted by Gasteiger charge is 2.13. The van der Waals surface area contributed by atoms with Crippen molar-refractivity contribution in [2.45, 2.75) is 52.0 Å². The van der Waals surface area contributed by atoms with Gasteiger partial charge < -0.3 is 10.6 Å². The molecule has 3 nitrogen and oxygen atoms in total. The van der Waals surface area contributed by atoms with E-state index in [-0.39, 0.29) is 17.8 Å². The fourth-order valence-corrected chi connectivity index (χ4v) is 2.41. The summed E-state index contributed by atoms with van der Waals surface area (Å²) >= 11 is 0. The largest absolute Gasteiger partial charge is 0.356 e. The van der Waals surface area contributed by atoms with E-state index >= 15 is 0 Å². The van der Waals surface area contributed by atoms with E-state index in [0.717, 1.165) is 31.9 Å². The predicted octanol–water partition coefficient (Wildman–Crippen LogP) is 3.28. The lowest BCUT2D eigenvalue weighted by Gasteiger charge is -2.22. The molecule has 2 N–H and O–H groups in total. The van der Waals surface area contributed by atoms with Crippen LogP contribution in [0.25, 0.3) is 0 Å². The van der Waals surface area contributed by atoms with Crippen molar-refractivity contribution in [1.82, 2.24) is 10.6 Å². The van der Waals surface area contributed by atoms with Crippen molar-refractivity contribution in [3.63, 3.8) is 0 Å². The first-order chi connectivity index (χ1) is 9.45. The van der Waals surface area contributed by atoms with Gasteiger partial charge in [0.05, 0.1) is 0 Å². The van der Waals surface area contributed by atoms with Crippen LogP contribution in [0.15, 0.2) is 29.3 Å². The molecule has 0 aromatic heterocycles. The molecular weight excluding hydrogens is 282 g/mol. The van der Waals surface area contributed by atoms with E-state index in [4.69, 9.17) is 0 Å². The molecule has 1 aromatic carbocycles. The molecule has 0 bridgehead atoms. The zero-order valence-corrected chi connectivity index (χ0v) is 14.4. The van der Waals surface area contributed by atoms with Crippen LogP contribution in [0.1, 0.15) is 45.2 Å². The van der Waals surface area contributed by atoms with Crippen molar-refractivity contribution in [3.8, 4) is 0 Å². The average Bonchev–Trinajstić information content (AvgIpc) is 2.39. The minimum atomic E-state index is 0. The van der Waals surface area contributed by atoms with Gasteiger partial charge in [-0.1, -0.05) is 45.0 Å². The van der Waals surface area contributed by atoms with Crippen molar-refractivity contribution >= 4 is 18.4 Å². The zero-order chi connectivity index (χ0) is 14.6. The molecule has 0 fully saturated rings. The predicted molar refractivity (Wildman–Crippen MR) is 93.6 cm³/mol. The second kappa shape index (κ2) is 7.69. The lowest BCUT2D eigenvalue weighted by Crippen LogP contribution is -2.45. The summed E-state index contributed by atoms with van der Waals surface area (Å²) in [5, 5.41) is 6.75. The number of hydrogen-bond acceptors (Lipinski definition) is 3. The molecule has 0 saturated carbocycles. The fourth-order valence-electron chi connectivity index (χ4n) is 2.41. The maximum atomic E-state index is 4.45. The summed E-state index contributed by atoms with van der Waals surface area (Å²) in [7, 11) is 0. The molecule has 1 heterocycles. The van der Waals surface area contributed by atoms with Gasteiger partial charge in [-0.25, -0.2) is 0 Å². The van der Waals surface area contributed by atoms with Crippen molar-refractivity contribution in [2.24, 2.45) is 4.99 Å². The van der Waals surface area contributed by atoms with E-state index in [1.807, 2.05) is 0 Å². The molecule has 2 rings (SSSR count). The molecule has 21 heavy (non-hydrogen) atoms. The van der Waals surface area contributed by atoms with Crippen LogP contribution in [0.2, 0.25) is 0 Å². The van der Waals surface area contributed by atoms with E-state index in [2.05, 4.69) is 67.6 Å². The van der Waals surface area contributed by atoms with Gasteiger partial charge in [0.15, 0.2) is 5.96 Å². The maximum absolute atomic E-state index is 4.45. The summed E-state index contributed by atoms with van der Waals surface area (Å²) in [5.74, 6) is 0.954. The van der Waals surface area contributed by atoms with Crippen LogP contribution in [0, 0.1) is 0 Å². The second-order valence-corrected chi connectivity index (χ2v) is 6.71. The fraction of sp³-hybridized carbons (Fsp3) is 0.588. The Hall–Kier alpha value is -1.22. The van der Waals surface area contributed by atoms with Crippen LogP contribution in [-0.2, 0) is 11.8 Å². The Morgan fingerprint density at radius 2 is 1.90 bits per heavy atom. The number of aliphatic imine (C=N–C) groups is 1. The third kappa shape index (κ3) is 5.58. The first-order valence-corrected chi connectivity index (χ1v) is 7.59. The standard InChI is InChI=1S/C17H27N3.ClH/c1-13(20-16-18-10-5-11-19-16)12-14-6-8-15(9-7-14)17(2,3)4;/h6-9,13H,5,10-12H2,1-4H3,(H2,18,19,20);1H. The number of halogens is 1. The Morgan fingerprint density at radius 1 is 1.24 bits per heavy atom. The average molecular weight is 310 g/mol. The first-order valence-electron chi connectivity index (χ1n) is 7.59. The highest BCUT2D eigenvalue weighted by atomic mass is 35.5. The van der Waals surface area contributed by atoms with Crippen LogP contribution in [-0.4, -0.2) is 25.1 Å². The third-order valence-electron chi connectivity index (χ3n) is 3.64. The smallest absolute Gasteiger partial charge is 0.191 e. The van der Waals surface area contributed by atoms with Crippen molar-refractivity contribution in [3.05, 3.63) is 35.4 Å². The summed E-state index contributed by atoms with van der Waals surface area (Å²) < 4.78 is 0. The number of benzene rings is 1. The number of rotatable bonds is 3. The van der Waals surface area contributed by atoms with Crippen molar-refractivity contribution in [2.75, 3.05) is 13.1 Å². The van der Waals surface area contributed by atoms with Gasteiger partial charge in [-0.15, -0.1) is 12.4 Å². The molecule has 0 radical (unpaired) electrons. The summed E-state index contributed by atoms with van der Waals surface area (Å²) in [6.45, 7) is 10.9. The molecule has 1 aromatic rings. The summed E-state index contributed by atoms with van der Waals surface area (Å²) in [4.78, 5) is 4.45. The lowest BCUT2D eigenvalue weighted by molar-refractivity contribution is 0.588. The number of nitrogens with one attached hydrogen (secondary N) is 2.